The molecule has 0 aliphatic carbocycles. The molecule has 2 aliphatic heterocycles. The van der Waals surface area contributed by atoms with Gasteiger partial charge in [-0.15, -0.1) is 4.40 Å². The van der Waals surface area contributed by atoms with E-state index in [-0.39, 0.29) is 15.1 Å². The van der Waals surface area contributed by atoms with E-state index < -0.39 is 28.5 Å². The van der Waals surface area contributed by atoms with E-state index in [0.29, 0.717) is 21.8 Å². The Kier molecular flexibility index (Phi) is 5.52. The number of fused-ring (bicyclic) bond motifs is 1. The number of amidine groups is 1. The zero-order chi connectivity index (χ0) is 22.2. The molecule has 12 heteroatoms. The van der Waals surface area contributed by atoms with Crippen molar-refractivity contribution >= 4 is 62.1 Å². The Bertz CT molecular complexity index is 1290. The van der Waals surface area contributed by atoms with Crippen LogP contribution in [0.1, 0.15) is 11.1 Å². The van der Waals surface area contributed by atoms with Crippen LogP contribution in [0.2, 0.25) is 0 Å². The van der Waals surface area contributed by atoms with E-state index in [0.717, 1.165) is 16.8 Å². The molecule has 0 saturated carbocycles. The van der Waals surface area contributed by atoms with Crippen molar-refractivity contribution in [3.63, 3.8) is 0 Å². The topological polar surface area (TPSA) is 125 Å². The van der Waals surface area contributed by atoms with Crippen LogP contribution in [-0.4, -0.2) is 47.2 Å². The van der Waals surface area contributed by atoms with Crippen molar-refractivity contribution in [2.75, 3.05) is 6.61 Å². The van der Waals surface area contributed by atoms with Gasteiger partial charge in [0.05, 0.1) is 4.91 Å². The van der Waals surface area contributed by atoms with Gasteiger partial charge in [-0.3, -0.25) is 10.2 Å². The number of thiocarbonyl (C=S) groups is 1. The number of rotatable bonds is 5. The molecule has 0 bridgehead atoms. The van der Waals surface area contributed by atoms with Crippen LogP contribution in [0.25, 0.3) is 6.08 Å². The molecule has 1 fully saturated rings. The van der Waals surface area contributed by atoms with Crippen molar-refractivity contribution in [2.24, 2.45) is 4.40 Å². The van der Waals surface area contributed by atoms with Gasteiger partial charge in [-0.25, -0.2) is 4.79 Å². The van der Waals surface area contributed by atoms with Gasteiger partial charge in [-0.05, 0) is 48.1 Å². The van der Waals surface area contributed by atoms with Crippen LogP contribution in [0.15, 0.2) is 62.7 Å². The van der Waals surface area contributed by atoms with Crippen LogP contribution in [0.4, 0.5) is 0 Å². The number of aliphatic carboxylic acids is 1. The van der Waals surface area contributed by atoms with E-state index in [9.17, 15) is 18.0 Å². The van der Waals surface area contributed by atoms with Crippen molar-refractivity contribution < 1.29 is 27.9 Å². The van der Waals surface area contributed by atoms with Gasteiger partial charge in [-0.2, -0.15) is 13.4 Å². The first-order valence-corrected chi connectivity index (χ1v) is 11.3. The highest BCUT2D eigenvalue weighted by Crippen LogP contribution is 2.33. The maximum atomic E-state index is 12.9. The fourth-order valence-corrected chi connectivity index (χ4v) is 5.20. The van der Waals surface area contributed by atoms with Crippen molar-refractivity contribution in [3.8, 4) is 5.75 Å². The number of hydrazine groups is 1. The maximum Gasteiger partial charge on any atom is 0.341 e. The third kappa shape index (κ3) is 4.31. The summed E-state index contributed by atoms with van der Waals surface area (Å²) in [4.78, 5) is 23.9. The van der Waals surface area contributed by atoms with Crippen molar-refractivity contribution in [2.45, 2.75) is 4.90 Å². The summed E-state index contributed by atoms with van der Waals surface area (Å²) in [5.74, 6) is -1.23. The monoisotopic (exact) mass is 475 g/mol. The Labute approximate surface area is 186 Å². The molecule has 0 atom stereocenters. The fraction of sp³-hybridized carbons (Fsp3) is 0.0526. The van der Waals surface area contributed by atoms with Crippen LogP contribution >= 0.6 is 24.0 Å². The van der Waals surface area contributed by atoms with E-state index >= 15 is 0 Å². The lowest BCUT2D eigenvalue weighted by atomic mass is 10.2. The minimum atomic E-state index is -3.84. The van der Waals surface area contributed by atoms with Crippen molar-refractivity contribution in [3.05, 3.63) is 64.6 Å². The number of hydrogen-bond donors (Lipinski definition) is 2. The molecular formula is C19H13N3O6S3. The number of sulfonamides is 1. The number of amides is 1. The molecule has 2 aliphatic rings. The lowest BCUT2D eigenvalue weighted by molar-refractivity contribution is -0.139. The number of carbonyl (C=O) groups is 2. The maximum absolute atomic E-state index is 12.9. The third-order valence-electron chi connectivity index (χ3n) is 4.16. The molecule has 4 rings (SSSR count). The number of carboxylic acids is 1. The molecule has 31 heavy (non-hydrogen) atoms. The first-order valence-electron chi connectivity index (χ1n) is 8.68. The third-order valence-corrected chi connectivity index (χ3v) is 6.80. The van der Waals surface area contributed by atoms with Gasteiger partial charge in [0, 0.05) is 5.56 Å². The van der Waals surface area contributed by atoms with Gasteiger partial charge in [0.25, 0.3) is 15.9 Å². The van der Waals surface area contributed by atoms with Crippen molar-refractivity contribution in [1.29, 1.82) is 0 Å². The van der Waals surface area contributed by atoms with Gasteiger partial charge in [0.15, 0.2) is 16.8 Å². The molecule has 0 radical (unpaired) electrons. The Morgan fingerprint density at radius 1 is 1.26 bits per heavy atom. The smallest absolute Gasteiger partial charge is 0.341 e. The number of nitrogens with zero attached hydrogens (tertiary/aromatic N) is 2. The van der Waals surface area contributed by atoms with Gasteiger partial charge in [0.1, 0.15) is 10.6 Å². The number of ether oxygens (including phenoxy) is 1. The SMILES string of the molecule is O=C(O)COc1cccc(/C=C2\SC(=S)N(NC3=NS(=O)(=O)c4ccccc43)C2=O)c1. The Hall–Kier alpha value is -3.22. The van der Waals surface area contributed by atoms with E-state index in [1.165, 1.54) is 6.07 Å². The molecule has 0 spiro atoms. The second kappa shape index (κ2) is 8.13. The Balaban J connectivity index is 1.55. The average Bonchev–Trinajstić information content (AvgIpc) is 3.14. The molecule has 2 heterocycles. The second-order valence-electron chi connectivity index (χ2n) is 6.29. The largest absolute Gasteiger partial charge is 0.482 e. The molecule has 0 unspecified atom stereocenters. The fourth-order valence-electron chi connectivity index (χ4n) is 2.85. The van der Waals surface area contributed by atoms with Crippen LogP contribution in [0.3, 0.4) is 0 Å². The van der Waals surface area contributed by atoms with E-state index in [1.54, 1.807) is 48.5 Å². The second-order valence-corrected chi connectivity index (χ2v) is 9.54. The minimum absolute atomic E-state index is 0.0113. The minimum Gasteiger partial charge on any atom is -0.482 e. The number of nitrogens with one attached hydrogen (secondary N) is 1. The number of thioether (sulfide) groups is 1. The summed E-state index contributed by atoms with van der Waals surface area (Å²) in [6, 6.07) is 12.9. The predicted octanol–water partition coefficient (Wildman–Crippen LogP) is 2.00. The zero-order valence-electron chi connectivity index (χ0n) is 15.5. The summed E-state index contributed by atoms with van der Waals surface area (Å²) in [6.45, 7) is -0.484. The summed E-state index contributed by atoms with van der Waals surface area (Å²) in [6.07, 6.45) is 1.58. The lowest BCUT2D eigenvalue weighted by Crippen LogP contribution is -2.44. The standard InChI is InChI=1S/C19H13N3O6S3/c23-16(24)10-28-12-5-3-4-11(8-12)9-14-18(25)22(19(29)30-14)20-17-13-6-1-2-7-15(13)31(26,27)21-17/h1-9H,10H2,(H,20,21)(H,23,24)/b14-9-. The van der Waals surface area contributed by atoms with Crippen LogP contribution in [-0.2, 0) is 19.6 Å². The highest BCUT2D eigenvalue weighted by molar-refractivity contribution is 8.26. The Morgan fingerprint density at radius 2 is 2.03 bits per heavy atom. The molecular weight excluding hydrogens is 462 g/mol. The zero-order valence-corrected chi connectivity index (χ0v) is 18.0. The molecule has 158 valence electrons. The predicted molar refractivity (Wildman–Crippen MR) is 118 cm³/mol. The Morgan fingerprint density at radius 3 is 2.81 bits per heavy atom. The first kappa shape index (κ1) is 21.0. The summed E-state index contributed by atoms with van der Waals surface area (Å²) in [7, 11) is -3.84. The number of hydrogen-bond acceptors (Lipinski definition) is 8. The van der Waals surface area contributed by atoms with Gasteiger partial charge in [-0.1, -0.05) is 36.0 Å². The van der Waals surface area contributed by atoms with E-state index in [4.69, 9.17) is 22.1 Å². The first-order chi connectivity index (χ1) is 14.7. The highest BCUT2D eigenvalue weighted by atomic mass is 32.2. The molecule has 2 aromatic rings. The summed E-state index contributed by atoms with van der Waals surface area (Å²) < 4.78 is 33.4. The molecule has 2 aromatic carbocycles. The van der Waals surface area contributed by atoms with Gasteiger partial charge < -0.3 is 9.84 Å². The average molecular weight is 476 g/mol. The number of carboxylic acid groups (broad SMARTS) is 1. The summed E-state index contributed by atoms with van der Waals surface area (Å²) >= 11 is 6.30. The van der Waals surface area contributed by atoms with Crippen LogP contribution < -0.4 is 10.2 Å². The number of carbonyl (C=O) groups excluding carboxylic acids is 1. The summed E-state index contributed by atoms with van der Waals surface area (Å²) in [5.41, 5.74) is 3.67. The lowest BCUT2D eigenvalue weighted by Gasteiger charge is -2.16. The normalized spacial score (nSPS) is 18.1. The molecule has 0 aromatic heterocycles. The van der Waals surface area contributed by atoms with Gasteiger partial charge in [0.2, 0.25) is 0 Å². The quantitative estimate of drug-likeness (QED) is 0.493. The molecule has 2 N–H and O–H groups in total. The van der Waals surface area contributed by atoms with E-state index in [2.05, 4.69) is 9.82 Å². The van der Waals surface area contributed by atoms with E-state index in [1.807, 2.05) is 0 Å². The molecule has 9 nitrogen and oxygen atoms in total. The molecule has 1 amide bonds. The van der Waals surface area contributed by atoms with Gasteiger partial charge >= 0.3 is 5.97 Å². The van der Waals surface area contributed by atoms with Crippen molar-refractivity contribution in [1.82, 2.24) is 10.4 Å². The number of benzene rings is 2. The molecule has 1 saturated heterocycles. The van der Waals surface area contributed by atoms with Crippen LogP contribution in [0.5, 0.6) is 5.75 Å². The van der Waals surface area contributed by atoms with Crippen LogP contribution in [0, 0.1) is 0 Å². The highest BCUT2D eigenvalue weighted by Gasteiger charge is 2.36. The summed E-state index contributed by atoms with van der Waals surface area (Å²) in [5, 5.41) is 9.78.